The highest BCUT2D eigenvalue weighted by Gasteiger charge is 2.19. The Morgan fingerprint density at radius 1 is 1.35 bits per heavy atom. The maximum atomic E-state index is 5.87. The Kier molecular flexibility index (Phi) is 3.38. The quantitative estimate of drug-likeness (QED) is 0.893. The second-order valence-corrected chi connectivity index (χ2v) is 4.56. The molecule has 0 bridgehead atoms. The van der Waals surface area contributed by atoms with Crippen LogP contribution in [0.25, 0.3) is 11.1 Å². The molecule has 0 saturated heterocycles. The van der Waals surface area contributed by atoms with E-state index in [1.54, 1.807) is 0 Å². The van der Waals surface area contributed by atoms with Gasteiger partial charge in [-0.1, -0.05) is 42.7 Å². The number of hydrogen-bond donors (Lipinski definition) is 1. The fraction of sp³-hybridized carbons (Fsp3) is 0.308. The smallest absolute Gasteiger partial charge is 0.230 e. The number of halogens is 1. The van der Waals surface area contributed by atoms with E-state index in [1.165, 1.54) is 0 Å². The summed E-state index contributed by atoms with van der Waals surface area (Å²) in [6.45, 7) is 4.22. The summed E-state index contributed by atoms with van der Waals surface area (Å²) in [5.41, 5.74) is 8.63. The maximum absolute atomic E-state index is 5.87. The molecule has 0 fully saturated rings. The average molecular weight is 251 g/mol. The first-order valence-electron chi connectivity index (χ1n) is 5.64. The van der Waals surface area contributed by atoms with E-state index >= 15 is 0 Å². The Balaban J connectivity index is 2.50. The van der Waals surface area contributed by atoms with Crippen molar-refractivity contribution in [1.82, 2.24) is 5.16 Å². The highest BCUT2D eigenvalue weighted by Crippen LogP contribution is 2.35. The van der Waals surface area contributed by atoms with Crippen LogP contribution in [0.2, 0.25) is 5.02 Å². The van der Waals surface area contributed by atoms with E-state index in [-0.39, 0.29) is 0 Å². The number of benzene rings is 1. The van der Waals surface area contributed by atoms with Gasteiger partial charge in [0.15, 0.2) is 0 Å². The van der Waals surface area contributed by atoms with Gasteiger partial charge < -0.3 is 10.3 Å². The predicted octanol–water partition coefficient (Wildman–Crippen LogP) is 4.09. The van der Waals surface area contributed by atoms with Crippen molar-refractivity contribution in [3.63, 3.8) is 0 Å². The van der Waals surface area contributed by atoms with Gasteiger partial charge in [0.25, 0.3) is 0 Å². The van der Waals surface area contributed by atoms with E-state index in [9.17, 15) is 0 Å². The molecule has 1 atom stereocenters. The number of nitrogens with zero attached hydrogens (tertiary/aromatic N) is 1. The minimum Gasteiger partial charge on any atom is -0.367 e. The van der Waals surface area contributed by atoms with Crippen molar-refractivity contribution in [3.05, 3.63) is 35.0 Å². The Morgan fingerprint density at radius 2 is 2.00 bits per heavy atom. The van der Waals surface area contributed by atoms with Crippen LogP contribution in [0.5, 0.6) is 0 Å². The first-order chi connectivity index (χ1) is 8.13. The highest BCUT2D eigenvalue weighted by molar-refractivity contribution is 6.30. The van der Waals surface area contributed by atoms with E-state index in [4.69, 9.17) is 21.9 Å². The van der Waals surface area contributed by atoms with Gasteiger partial charge in [0, 0.05) is 10.9 Å². The van der Waals surface area contributed by atoms with Crippen molar-refractivity contribution >= 4 is 17.5 Å². The molecule has 90 valence electrons. The summed E-state index contributed by atoms with van der Waals surface area (Å²) < 4.78 is 5.10. The van der Waals surface area contributed by atoms with Gasteiger partial charge in [0.1, 0.15) is 0 Å². The summed E-state index contributed by atoms with van der Waals surface area (Å²) in [7, 11) is 0. The molecule has 2 aromatic rings. The number of nitrogens with two attached hydrogens (primary N) is 1. The van der Waals surface area contributed by atoms with Gasteiger partial charge in [-0.2, -0.15) is 0 Å². The van der Waals surface area contributed by atoms with Crippen LogP contribution < -0.4 is 5.73 Å². The Labute approximate surface area is 106 Å². The number of rotatable bonds is 3. The summed E-state index contributed by atoms with van der Waals surface area (Å²) in [6, 6.07) is 7.53. The molecule has 0 saturated carbocycles. The fourth-order valence-corrected chi connectivity index (χ4v) is 1.88. The van der Waals surface area contributed by atoms with Crippen LogP contribution in [0.4, 0.5) is 5.88 Å². The Bertz CT molecular complexity index is 505. The summed E-state index contributed by atoms with van der Waals surface area (Å²) in [6.07, 6.45) is 0.993. The molecule has 2 N–H and O–H groups in total. The first-order valence-corrected chi connectivity index (χ1v) is 6.02. The lowest BCUT2D eigenvalue weighted by Gasteiger charge is -2.07. The minimum atomic E-state index is 0.321. The molecule has 1 aromatic heterocycles. The molecule has 0 radical (unpaired) electrons. The van der Waals surface area contributed by atoms with E-state index in [1.807, 2.05) is 24.3 Å². The zero-order valence-corrected chi connectivity index (χ0v) is 10.7. The lowest BCUT2D eigenvalue weighted by atomic mass is 9.96. The van der Waals surface area contributed by atoms with Gasteiger partial charge in [-0.05, 0) is 24.1 Å². The second-order valence-electron chi connectivity index (χ2n) is 4.12. The van der Waals surface area contributed by atoms with E-state index in [0.717, 1.165) is 23.2 Å². The Hall–Kier alpha value is -1.48. The molecule has 0 amide bonds. The summed E-state index contributed by atoms with van der Waals surface area (Å²) >= 11 is 5.87. The maximum Gasteiger partial charge on any atom is 0.230 e. The van der Waals surface area contributed by atoms with Crippen LogP contribution in [0, 0.1) is 0 Å². The van der Waals surface area contributed by atoms with Gasteiger partial charge in [-0.3, -0.25) is 0 Å². The number of aromatic nitrogens is 1. The van der Waals surface area contributed by atoms with E-state index < -0.39 is 0 Å². The molecule has 4 heteroatoms. The van der Waals surface area contributed by atoms with Crippen molar-refractivity contribution < 1.29 is 4.52 Å². The van der Waals surface area contributed by atoms with Crippen molar-refractivity contribution in [2.24, 2.45) is 0 Å². The molecule has 3 nitrogen and oxygen atoms in total. The van der Waals surface area contributed by atoms with Crippen LogP contribution in [0.15, 0.2) is 28.8 Å². The SMILES string of the molecule is CCC(C)c1noc(N)c1-c1ccc(Cl)cc1. The van der Waals surface area contributed by atoms with Crippen molar-refractivity contribution in [2.75, 3.05) is 5.73 Å². The average Bonchev–Trinajstić information content (AvgIpc) is 2.71. The summed E-state index contributed by atoms with van der Waals surface area (Å²) in [5, 5.41) is 4.75. The molecule has 1 heterocycles. The van der Waals surface area contributed by atoms with Crippen molar-refractivity contribution in [3.8, 4) is 11.1 Å². The molecule has 1 aromatic carbocycles. The second kappa shape index (κ2) is 4.80. The third-order valence-electron chi connectivity index (χ3n) is 2.96. The molecule has 0 spiro atoms. The topological polar surface area (TPSA) is 52.0 Å². The molecular weight excluding hydrogens is 236 g/mol. The largest absolute Gasteiger partial charge is 0.367 e. The lowest BCUT2D eigenvalue weighted by molar-refractivity contribution is 0.421. The van der Waals surface area contributed by atoms with Crippen LogP contribution in [-0.4, -0.2) is 5.16 Å². The van der Waals surface area contributed by atoms with Gasteiger partial charge in [0.2, 0.25) is 5.88 Å². The van der Waals surface area contributed by atoms with Gasteiger partial charge in [-0.25, -0.2) is 0 Å². The van der Waals surface area contributed by atoms with Crippen molar-refractivity contribution in [1.29, 1.82) is 0 Å². The van der Waals surface area contributed by atoms with Crippen molar-refractivity contribution in [2.45, 2.75) is 26.2 Å². The molecule has 1 unspecified atom stereocenters. The zero-order chi connectivity index (χ0) is 12.4. The van der Waals surface area contributed by atoms with Gasteiger partial charge >= 0.3 is 0 Å². The van der Waals surface area contributed by atoms with Gasteiger partial charge in [0.05, 0.1) is 11.3 Å². The standard InChI is InChI=1S/C13H15ClN2O/c1-3-8(2)12-11(13(15)17-16-12)9-4-6-10(14)7-5-9/h4-8H,3,15H2,1-2H3. The molecule has 0 aliphatic rings. The summed E-state index contributed by atoms with van der Waals surface area (Å²) in [5.74, 6) is 0.685. The fourth-order valence-electron chi connectivity index (χ4n) is 1.75. The minimum absolute atomic E-state index is 0.321. The molecular formula is C13H15ClN2O. The summed E-state index contributed by atoms with van der Waals surface area (Å²) in [4.78, 5) is 0. The van der Waals surface area contributed by atoms with E-state index in [0.29, 0.717) is 16.8 Å². The molecule has 0 aliphatic carbocycles. The highest BCUT2D eigenvalue weighted by atomic mass is 35.5. The third kappa shape index (κ3) is 2.29. The van der Waals surface area contributed by atoms with Gasteiger partial charge in [-0.15, -0.1) is 0 Å². The normalized spacial score (nSPS) is 12.6. The number of nitrogen functional groups attached to an aromatic ring is 1. The predicted molar refractivity (Wildman–Crippen MR) is 70.1 cm³/mol. The Morgan fingerprint density at radius 3 is 2.59 bits per heavy atom. The molecule has 0 aliphatic heterocycles. The number of anilines is 1. The van der Waals surface area contributed by atoms with Crippen LogP contribution >= 0.6 is 11.6 Å². The van der Waals surface area contributed by atoms with Crippen LogP contribution in [-0.2, 0) is 0 Å². The number of hydrogen-bond acceptors (Lipinski definition) is 3. The zero-order valence-electron chi connectivity index (χ0n) is 9.90. The van der Waals surface area contributed by atoms with E-state index in [2.05, 4.69) is 19.0 Å². The monoisotopic (exact) mass is 250 g/mol. The lowest BCUT2D eigenvalue weighted by Crippen LogP contribution is -1.95. The first kappa shape index (κ1) is 12.0. The third-order valence-corrected chi connectivity index (χ3v) is 3.21. The van der Waals surface area contributed by atoms with Crippen LogP contribution in [0.1, 0.15) is 31.9 Å². The van der Waals surface area contributed by atoms with Crippen LogP contribution in [0.3, 0.4) is 0 Å². The molecule has 2 rings (SSSR count). The molecule has 17 heavy (non-hydrogen) atoms.